The third kappa shape index (κ3) is 10.4. The van der Waals surface area contributed by atoms with Gasteiger partial charge in [0.2, 0.25) is 0 Å². The molecule has 16 heavy (non-hydrogen) atoms. The van der Waals surface area contributed by atoms with Crippen molar-refractivity contribution in [2.45, 2.75) is 58.3 Å². The highest BCUT2D eigenvalue weighted by Crippen LogP contribution is 2.09. The first-order valence-electron chi connectivity index (χ1n) is 7.05. The van der Waals surface area contributed by atoms with Crippen LogP contribution < -0.4 is 0 Å². The highest BCUT2D eigenvalue weighted by atomic mass is 16.3. The van der Waals surface area contributed by atoms with Gasteiger partial charge in [-0.05, 0) is 12.8 Å². The van der Waals surface area contributed by atoms with E-state index in [1.54, 1.807) is 0 Å². The first-order valence-corrected chi connectivity index (χ1v) is 7.05. The molecule has 0 atom stereocenters. The summed E-state index contributed by atoms with van der Waals surface area (Å²) in [6.45, 7) is 4.96. The Morgan fingerprint density at radius 3 is 1.81 bits per heavy atom. The summed E-state index contributed by atoms with van der Waals surface area (Å²) in [6, 6.07) is 0. The number of nitrogens with zero attached hydrogens (tertiary/aromatic N) is 1. The maximum Gasteiger partial charge on any atom is 0.0804 e. The predicted octanol–water partition coefficient (Wildman–Crippen LogP) is 3.20. The maximum absolute atomic E-state index is 8.81. The van der Waals surface area contributed by atoms with Crippen molar-refractivity contribution in [1.82, 2.24) is 0 Å². The number of unbranched alkanes of at least 4 members (excludes halogenated alkanes) is 6. The molecule has 0 fully saturated rings. The van der Waals surface area contributed by atoms with Gasteiger partial charge in [0.25, 0.3) is 0 Å². The molecule has 0 amide bonds. The van der Waals surface area contributed by atoms with Crippen LogP contribution in [0, 0.1) is 0 Å². The molecule has 0 aliphatic carbocycles. The highest BCUT2D eigenvalue weighted by molar-refractivity contribution is 4.45. The SMILES string of the molecule is CCCCCCCCC[N+](C)(C)CCCO. The van der Waals surface area contributed by atoms with E-state index in [-0.39, 0.29) is 0 Å². The summed E-state index contributed by atoms with van der Waals surface area (Å²) < 4.78 is 1.06. The number of quaternary nitrogens is 1. The molecule has 0 aromatic rings. The van der Waals surface area contributed by atoms with E-state index in [9.17, 15) is 0 Å². The van der Waals surface area contributed by atoms with Crippen molar-refractivity contribution in [3.05, 3.63) is 0 Å². The lowest BCUT2D eigenvalue weighted by molar-refractivity contribution is -0.890. The van der Waals surface area contributed by atoms with Crippen LogP contribution in [0.25, 0.3) is 0 Å². The third-order valence-electron chi connectivity index (χ3n) is 3.29. The van der Waals surface area contributed by atoms with E-state index >= 15 is 0 Å². The lowest BCUT2D eigenvalue weighted by Crippen LogP contribution is -2.41. The number of rotatable bonds is 11. The molecule has 1 N–H and O–H groups in total. The van der Waals surface area contributed by atoms with Crippen LogP contribution in [0.3, 0.4) is 0 Å². The van der Waals surface area contributed by atoms with Crippen LogP contribution in [0.15, 0.2) is 0 Å². The molecule has 98 valence electrons. The number of hydrogen-bond donors (Lipinski definition) is 1. The molecule has 0 aliphatic rings. The lowest BCUT2D eigenvalue weighted by atomic mass is 10.1. The molecular weight excluding hydrogens is 198 g/mol. The number of aliphatic hydroxyl groups excluding tert-OH is 1. The van der Waals surface area contributed by atoms with Gasteiger partial charge >= 0.3 is 0 Å². The minimum Gasteiger partial charge on any atom is -0.396 e. The first-order chi connectivity index (χ1) is 7.62. The zero-order chi connectivity index (χ0) is 12.3. The molecule has 0 spiro atoms. The number of hydrogen-bond acceptors (Lipinski definition) is 1. The van der Waals surface area contributed by atoms with Crippen LogP contribution in [0.2, 0.25) is 0 Å². The fourth-order valence-corrected chi connectivity index (χ4v) is 2.11. The molecule has 0 radical (unpaired) electrons. The molecule has 0 aromatic carbocycles. The molecule has 0 bridgehead atoms. The van der Waals surface area contributed by atoms with Gasteiger partial charge in [-0.3, -0.25) is 0 Å². The Morgan fingerprint density at radius 2 is 1.25 bits per heavy atom. The van der Waals surface area contributed by atoms with Crippen molar-refractivity contribution >= 4 is 0 Å². The molecule has 0 aromatic heterocycles. The minimum absolute atomic E-state index is 0.332. The summed E-state index contributed by atoms with van der Waals surface area (Å²) in [6.07, 6.45) is 10.6. The molecule has 0 unspecified atom stereocenters. The van der Waals surface area contributed by atoms with Crippen molar-refractivity contribution in [2.75, 3.05) is 33.8 Å². The van der Waals surface area contributed by atoms with Crippen LogP contribution in [-0.4, -0.2) is 43.4 Å². The van der Waals surface area contributed by atoms with Crippen molar-refractivity contribution in [1.29, 1.82) is 0 Å². The second kappa shape index (κ2) is 10.1. The Hall–Kier alpha value is -0.0800. The molecule has 0 aliphatic heterocycles. The predicted molar refractivity (Wildman–Crippen MR) is 71.5 cm³/mol. The van der Waals surface area contributed by atoms with E-state index in [0.29, 0.717) is 6.61 Å². The van der Waals surface area contributed by atoms with Gasteiger partial charge in [-0.25, -0.2) is 0 Å². The van der Waals surface area contributed by atoms with Gasteiger partial charge in [-0.2, -0.15) is 0 Å². The van der Waals surface area contributed by atoms with E-state index < -0.39 is 0 Å². The summed E-state index contributed by atoms with van der Waals surface area (Å²) in [7, 11) is 4.54. The average molecular weight is 230 g/mol. The summed E-state index contributed by atoms with van der Waals surface area (Å²) in [5.41, 5.74) is 0. The summed E-state index contributed by atoms with van der Waals surface area (Å²) in [5, 5.41) is 8.81. The minimum atomic E-state index is 0.332. The van der Waals surface area contributed by atoms with Crippen LogP contribution in [-0.2, 0) is 0 Å². The zero-order valence-corrected chi connectivity index (χ0v) is 11.7. The second-order valence-corrected chi connectivity index (χ2v) is 5.58. The Balaban J connectivity index is 3.29. The first kappa shape index (κ1) is 15.9. The molecule has 0 saturated carbocycles. The number of aliphatic hydroxyl groups is 1. The molecule has 2 heteroatoms. The van der Waals surface area contributed by atoms with E-state index in [2.05, 4.69) is 21.0 Å². The molecule has 0 heterocycles. The van der Waals surface area contributed by atoms with Crippen LogP contribution in [0.4, 0.5) is 0 Å². The van der Waals surface area contributed by atoms with E-state index in [0.717, 1.165) is 17.4 Å². The van der Waals surface area contributed by atoms with Crippen molar-refractivity contribution in [3.8, 4) is 0 Å². The van der Waals surface area contributed by atoms with Gasteiger partial charge in [-0.15, -0.1) is 0 Å². The van der Waals surface area contributed by atoms with Gasteiger partial charge in [0.1, 0.15) is 0 Å². The second-order valence-electron chi connectivity index (χ2n) is 5.58. The van der Waals surface area contributed by atoms with Crippen molar-refractivity contribution in [3.63, 3.8) is 0 Å². The zero-order valence-electron chi connectivity index (χ0n) is 11.7. The van der Waals surface area contributed by atoms with Crippen molar-refractivity contribution in [2.24, 2.45) is 0 Å². The molecular formula is C14H32NO+. The highest BCUT2D eigenvalue weighted by Gasteiger charge is 2.12. The van der Waals surface area contributed by atoms with Crippen molar-refractivity contribution < 1.29 is 9.59 Å². The van der Waals surface area contributed by atoms with Gasteiger partial charge in [0.05, 0.1) is 27.2 Å². The Kier molecular flexibility index (Phi) is 10.0. The smallest absolute Gasteiger partial charge is 0.0804 e. The molecule has 0 rings (SSSR count). The summed E-state index contributed by atoms with van der Waals surface area (Å²) in [5.74, 6) is 0. The summed E-state index contributed by atoms with van der Waals surface area (Å²) in [4.78, 5) is 0. The standard InChI is InChI=1S/C14H32NO/c1-4-5-6-7-8-9-10-12-15(2,3)13-11-14-16/h16H,4-14H2,1-3H3/q+1. The Morgan fingerprint density at radius 1 is 0.750 bits per heavy atom. The van der Waals surface area contributed by atoms with E-state index in [1.807, 2.05) is 0 Å². The fraction of sp³-hybridized carbons (Fsp3) is 1.00. The maximum atomic E-state index is 8.81. The Bertz CT molecular complexity index is 146. The normalized spacial score (nSPS) is 12.0. The van der Waals surface area contributed by atoms with Crippen LogP contribution in [0.1, 0.15) is 58.3 Å². The topological polar surface area (TPSA) is 20.2 Å². The van der Waals surface area contributed by atoms with Gasteiger partial charge in [0.15, 0.2) is 0 Å². The molecule has 0 saturated heterocycles. The van der Waals surface area contributed by atoms with Crippen LogP contribution in [0.5, 0.6) is 0 Å². The lowest BCUT2D eigenvalue weighted by Gasteiger charge is -2.29. The quantitative estimate of drug-likeness (QED) is 0.427. The third-order valence-corrected chi connectivity index (χ3v) is 3.29. The summed E-state index contributed by atoms with van der Waals surface area (Å²) >= 11 is 0. The Labute approximate surface area is 102 Å². The largest absolute Gasteiger partial charge is 0.396 e. The van der Waals surface area contributed by atoms with Gasteiger partial charge < -0.3 is 9.59 Å². The fourth-order valence-electron chi connectivity index (χ4n) is 2.11. The average Bonchev–Trinajstić information content (AvgIpc) is 2.25. The van der Waals surface area contributed by atoms with E-state index in [4.69, 9.17) is 5.11 Å². The van der Waals surface area contributed by atoms with Gasteiger partial charge in [-0.1, -0.05) is 39.0 Å². The van der Waals surface area contributed by atoms with E-state index in [1.165, 1.54) is 51.5 Å². The van der Waals surface area contributed by atoms with Crippen LogP contribution >= 0.6 is 0 Å². The molecule has 2 nitrogen and oxygen atoms in total. The monoisotopic (exact) mass is 230 g/mol. The van der Waals surface area contributed by atoms with Gasteiger partial charge in [0, 0.05) is 13.0 Å².